The minimum absolute atomic E-state index is 0.108. The first-order valence-electron chi connectivity index (χ1n) is 7.29. The number of amides is 1. The lowest BCUT2D eigenvalue weighted by molar-refractivity contribution is -0.116. The fourth-order valence-corrected chi connectivity index (χ4v) is 2.76. The lowest BCUT2D eigenvalue weighted by Gasteiger charge is -2.26. The molecule has 1 amide bonds. The molecule has 1 saturated heterocycles. The second-order valence-electron chi connectivity index (χ2n) is 5.17. The molecule has 0 radical (unpaired) electrons. The van der Waals surface area contributed by atoms with Gasteiger partial charge < -0.3 is 10.2 Å². The molecule has 0 unspecified atom stereocenters. The molecule has 1 aliphatic rings. The molecule has 114 valence electrons. The minimum Gasteiger partial charge on any atom is -0.351 e. The van der Waals surface area contributed by atoms with E-state index in [1.165, 1.54) is 25.3 Å². The third-order valence-electron chi connectivity index (χ3n) is 3.57. The number of hydrogen-bond acceptors (Lipinski definition) is 2. The molecule has 1 aromatic rings. The number of hydrogen-bond donors (Lipinski definition) is 1. The molecule has 5 heteroatoms. The van der Waals surface area contributed by atoms with Crippen LogP contribution < -0.4 is 5.32 Å². The average molecular weight is 327 g/mol. The Balaban J connectivity index is 1.76. The van der Waals surface area contributed by atoms with Gasteiger partial charge in [-0.3, -0.25) is 4.79 Å². The maximum Gasteiger partial charge on any atom is 0.244 e. The number of carbonyl (C=O) groups excluding carboxylic acids is 1. The molecule has 0 saturated carbocycles. The van der Waals surface area contributed by atoms with Gasteiger partial charge in [0.25, 0.3) is 0 Å². The molecule has 1 fully saturated rings. The van der Waals surface area contributed by atoms with E-state index in [1.54, 1.807) is 12.1 Å². The topological polar surface area (TPSA) is 32.3 Å². The first kappa shape index (κ1) is 16.3. The molecule has 0 aliphatic carbocycles. The van der Waals surface area contributed by atoms with Crippen LogP contribution in [0.5, 0.6) is 0 Å². The highest BCUT2D eigenvalue weighted by Gasteiger charge is 2.09. The molecule has 0 aromatic heterocycles. The van der Waals surface area contributed by atoms with Crippen LogP contribution in [0.2, 0.25) is 10.0 Å². The highest BCUT2D eigenvalue weighted by atomic mass is 35.5. The van der Waals surface area contributed by atoms with Gasteiger partial charge in [-0.2, -0.15) is 0 Å². The second-order valence-corrected chi connectivity index (χ2v) is 5.95. The summed E-state index contributed by atoms with van der Waals surface area (Å²) in [5.74, 6) is -0.108. The van der Waals surface area contributed by atoms with E-state index >= 15 is 0 Å². The Morgan fingerprint density at radius 3 is 2.76 bits per heavy atom. The second kappa shape index (κ2) is 8.42. The molecular formula is C16H20Cl2N2O. The molecule has 1 aliphatic heterocycles. The van der Waals surface area contributed by atoms with Gasteiger partial charge in [0.15, 0.2) is 0 Å². The molecule has 2 rings (SSSR count). The quantitative estimate of drug-likeness (QED) is 0.838. The van der Waals surface area contributed by atoms with Crippen molar-refractivity contribution in [3.05, 3.63) is 39.9 Å². The van der Waals surface area contributed by atoms with Gasteiger partial charge in [0.05, 0.1) is 10.0 Å². The van der Waals surface area contributed by atoms with E-state index < -0.39 is 0 Å². The molecule has 1 aromatic carbocycles. The van der Waals surface area contributed by atoms with Crippen LogP contribution in [-0.4, -0.2) is 37.0 Å². The fourth-order valence-electron chi connectivity index (χ4n) is 2.39. The summed E-state index contributed by atoms with van der Waals surface area (Å²) in [6.07, 6.45) is 7.03. The summed E-state index contributed by atoms with van der Waals surface area (Å²) in [4.78, 5) is 14.2. The van der Waals surface area contributed by atoms with E-state index in [0.29, 0.717) is 16.6 Å². The molecular weight excluding hydrogens is 307 g/mol. The Kier molecular flexibility index (Phi) is 6.55. The summed E-state index contributed by atoms with van der Waals surface area (Å²) >= 11 is 12.0. The van der Waals surface area contributed by atoms with Crippen LogP contribution in [0.4, 0.5) is 0 Å². The maximum atomic E-state index is 11.8. The number of likely N-dealkylation sites (tertiary alicyclic amines) is 1. The highest BCUT2D eigenvalue weighted by molar-refractivity contribution is 6.42. The number of benzene rings is 1. The van der Waals surface area contributed by atoms with Gasteiger partial charge in [-0.05, 0) is 43.6 Å². The molecule has 3 nitrogen and oxygen atoms in total. The van der Waals surface area contributed by atoms with Gasteiger partial charge in [0.2, 0.25) is 5.91 Å². The number of nitrogens with one attached hydrogen (secondary N) is 1. The number of carbonyl (C=O) groups is 1. The zero-order valence-corrected chi connectivity index (χ0v) is 13.5. The zero-order valence-electron chi connectivity index (χ0n) is 11.9. The minimum atomic E-state index is -0.108. The summed E-state index contributed by atoms with van der Waals surface area (Å²) in [5.41, 5.74) is 0.746. The maximum absolute atomic E-state index is 11.8. The van der Waals surface area contributed by atoms with Crippen molar-refractivity contribution in [2.45, 2.75) is 19.3 Å². The lowest BCUT2D eigenvalue weighted by atomic mass is 10.1. The Hall–Kier alpha value is -1.03. The van der Waals surface area contributed by atoms with Crippen LogP contribution in [0, 0.1) is 0 Å². The summed E-state index contributed by atoms with van der Waals surface area (Å²) in [7, 11) is 0. The van der Waals surface area contributed by atoms with E-state index in [4.69, 9.17) is 23.2 Å². The van der Waals surface area contributed by atoms with Crippen molar-refractivity contribution >= 4 is 35.2 Å². The first-order valence-corrected chi connectivity index (χ1v) is 8.04. The standard InChI is InChI=1S/C16H20Cl2N2O/c17-14-6-4-5-13(16(14)18)7-8-15(21)19-9-12-20-10-2-1-3-11-20/h4-8H,1-3,9-12H2,(H,19,21)/b8-7+. The van der Waals surface area contributed by atoms with E-state index in [0.717, 1.165) is 25.2 Å². The van der Waals surface area contributed by atoms with Gasteiger partial charge in [-0.15, -0.1) is 0 Å². The number of nitrogens with zero attached hydrogens (tertiary/aromatic N) is 1. The van der Waals surface area contributed by atoms with Crippen molar-refractivity contribution in [1.29, 1.82) is 0 Å². The van der Waals surface area contributed by atoms with Gasteiger partial charge in [-0.25, -0.2) is 0 Å². The van der Waals surface area contributed by atoms with Crippen molar-refractivity contribution in [2.75, 3.05) is 26.2 Å². The normalized spacial score (nSPS) is 16.3. The predicted octanol–water partition coefficient (Wildman–Crippen LogP) is 3.61. The summed E-state index contributed by atoms with van der Waals surface area (Å²) < 4.78 is 0. The first-order chi connectivity index (χ1) is 10.2. The van der Waals surface area contributed by atoms with E-state index in [9.17, 15) is 4.79 Å². The molecule has 21 heavy (non-hydrogen) atoms. The number of piperidine rings is 1. The molecule has 1 N–H and O–H groups in total. The summed E-state index contributed by atoms with van der Waals surface area (Å²) in [5, 5.41) is 3.85. The Labute approximate surface area is 135 Å². The Bertz CT molecular complexity index is 511. The van der Waals surface area contributed by atoms with E-state index in [1.807, 2.05) is 12.1 Å². The van der Waals surface area contributed by atoms with Crippen molar-refractivity contribution in [1.82, 2.24) is 10.2 Å². The average Bonchev–Trinajstić information content (AvgIpc) is 2.50. The Morgan fingerprint density at radius 2 is 2.00 bits per heavy atom. The van der Waals surface area contributed by atoms with Crippen LogP contribution >= 0.6 is 23.2 Å². The lowest BCUT2D eigenvalue weighted by Crippen LogP contribution is -2.37. The van der Waals surface area contributed by atoms with Crippen molar-refractivity contribution in [3.8, 4) is 0 Å². The molecule has 0 spiro atoms. The summed E-state index contributed by atoms with van der Waals surface area (Å²) in [6.45, 7) is 3.87. The van der Waals surface area contributed by atoms with Crippen LogP contribution in [0.15, 0.2) is 24.3 Å². The highest BCUT2D eigenvalue weighted by Crippen LogP contribution is 2.26. The van der Waals surface area contributed by atoms with Gasteiger partial charge in [0.1, 0.15) is 0 Å². The van der Waals surface area contributed by atoms with Gasteiger partial charge in [-0.1, -0.05) is 41.8 Å². The number of halogens is 2. The van der Waals surface area contributed by atoms with Crippen LogP contribution in [0.25, 0.3) is 6.08 Å². The van der Waals surface area contributed by atoms with Gasteiger partial charge in [0, 0.05) is 19.2 Å². The largest absolute Gasteiger partial charge is 0.351 e. The fraction of sp³-hybridized carbons (Fsp3) is 0.438. The van der Waals surface area contributed by atoms with Crippen LogP contribution in [0.3, 0.4) is 0 Å². The SMILES string of the molecule is O=C(/C=C/c1cccc(Cl)c1Cl)NCCN1CCCCC1. The Morgan fingerprint density at radius 1 is 1.24 bits per heavy atom. The molecule has 0 bridgehead atoms. The number of rotatable bonds is 5. The van der Waals surface area contributed by atoms with Crippen LogP contribution in [-0.2, 0) is 4.79 Å². The third-order valence-corrected chi connectivity index (χ3v) is 4.41. The van der Waals surface area contributed by atoms with E-state index in [-0.39, 0.29) is 5.91 Å². The smallest absolute Gasteiger partial charge is 0.244 e. The monoisotopic (exact) mass is 326 g/mol. The molecule has 1 heterocycles. The molecule has 0 atom stereocenters. The van der Waals surface area contributed by atoms with E-state index in [2.05, 4.69) is 10.2 Å². The predicted molar refractivity (Wildman–Crippen MR) is 88.8 cm³/mol. The third kappa shape index (κ3) is 5.34. The van der Waals surface area contributed by atoms with Crippen molar-refractivity contribution in [2.24, 2.45) is 0 Å². The summed E-state index contributed by atoms with van der Waals surface area (Å²) in [6, 6.07) is 5.35. The zero-order chi connectivity index (χ0) is 15.1. The van der Waals surface area contributed by atoms with Crippen molar-refractivity contribution in [3.63, 3.8) is 0 Å². The van der Waals surface area contributed by atoms with Gasteiger partial charge >= 0.3 is 0 Å². The van der Waals surface area contributed by atoms with Crippen LogP contribution in [0.1, 0.15) is 24.8 Å². The van der Waals surface area contributed by atoms with Crippen molar-refractivity contribution < 1.29 is 4.79 Å².